The fourth-order valence-electron chi connectivity index (χ4n) is 2.51. The molecule has 2 rings (SSSR count). The highest BCUT2D eigenvalue weighted by Crippen LogP contribution is 2.22. The van der Waals surface area contributed by atoms with Gasteiger partial charge < -0.3 is 16.0 Å². The van der Waals surface area contributed by atoms with Crippen LogP contribution in [0.5, 0.6) is 0 Å². The van der Waals surface area contributed by atoms with Gasteiger partial charge in [0, 0.05) is 38.8 Å². The van der Waals surface area contributed by atoms with Crippen molar-refractivity contribution in [3.63, 3.8) is 0 Å². The number of rotatable bonds is 4. The Morgan fingerprint density at radius 2 is 2.20 bits per heavy atom. The van der Waals surface area contributed by atoms with Crippen LogP contribution in [0.25, 0.3) is 0 Å². The predicted octanol–water partition coefficient (Wildman–Crippen LogP) is 1.45. The van der Waals surface area contributed by atoms with Crippen molar-refractivity contribution in [2.45, 2.75) is 32.7 Å². The minimum Gasteiger partial charge on any atom is -0.357 e. The zero-order valence-electron chi connectivity index (χ0n) is 12.3. The van der Waals surface area contributed by atoms with Gasteiger partial charge in [0.15, 0.2) is 0 Å². The molecule has 2 heterocycles. The Morgan fingerprint density at radius 1 is 1.50 bits per heavy atom. The van der Waals surface area contributed by atoms with E-state index in [1.165, 1.54) is 0 Å². The van der Waals surface area contributed by atoms with Gasteiger partial charge in [-0.25, -0.2) is 4.98 Å². The highest BCUT2D eigenvalue weighted by atomic mass is 16.1. The van der Waals surface area contributed by atoms with Crippen molar-refractivity contribution in [3.05, 3.63) is 23.9 Å². The molecular formula is C15H24N4O. The van der Waals surface area contributed by atoms with Crippen molar-refractivity contribution in [3.8, 4) is 0 Å². The summed E-state index contributed by atoms with van der Waals surface area (Å²) in [5.41, 5.74) is 6.89. The van der Waals surface area contributed by atoms with Gasteiger partial charge in [-0.05, 0) is 37.3 Å². The second-order valence-electron chi connectivity index (χ2n) is 5.61. The smallest absolute Gasteiger partial charge is 0.216 e. The fourth-order valence-corrected chi connectivity index (χ4v) is 2.51. The molecule has 0 aromatic carbocycles. The van der Waals surface area contributed by atoms with Gasteiger partial charge in [0.1, 0.15) is 5.82 Å². The van der Waals surface area contributed by atoms with Crippen LogP contribution in [0.4, 0.5) is 5.82 Å². The van der Waals surface area contributed by atoms with Gasteiger partial charge in [-0.2, -0.15) is 0 Å². The van der Waals surface area contributed by atoms with Gasteiger partial charge >= 0.3 is 0 Å². The molecule has 1 saturated heterocycles. The van der Waals surface area contributed by atoms with E-state index in [-0.39, 0.29) is 11.9 Å². The van der Waals surface area contributed by atoms with Crippen LogP contribution < -0.4 is 16.0 Å². The van der Waals surface area contributed by atoms with E-state index in [4.69, 9.17) is 5.73 Å². The van der Waals surface area contributed by atoms with Crippen molar-refractivity contribution in [2.75, 3.05) is 24.5 Å². The van der Waals surface area contributed by atoms with E-state index < -0.39 is 0 Å². The van der Waals surface area contributed by atoms with Crippen molar-refractivity contribution >= 4 is 11.7 Å². The van der Waals surface area contributed by atoms with Crippen LogP contribution in [0.3, 0.4) is 0 Å². The SMILES string of the molecule is CC(=O)NCC1CCN(c2ccc([C@@H](C)N)cn2)CC1. The van der Waals surface area contributed by atoms with Crippen molar-refractivity contribution in [2.24, 2.45) is 11.7 Å². The van der Waals surface area contributed by atoms with Crippen molar-refractivity contribution < 1.29 is 4.79 Å². The van der Waals surface area contributed by atoms with Crippen LogP contribution in [-0.4, -0.2) is 30.5 Å². The number of nitrogens with one attached hydrogen (secondary N) is 1. The van der Waals surface area contributed by atoms with E-state index in [9.17, 15) is 4.79 Å². The average Bonchev–Trinajstić information content (AvgIpc) is 2.46. The minimum absolute atomic E-state index is 0.0277. The summed E-state index contributed by atoms with van der Waals surface area (Å²) in [6, 6.07) is 4.13. The number of anilines is 1. The first-order chi connectivity index (χ1) is 9.56. The van der Waals surface area contributed by atoms with Crippen LogP contribution in [0.1, 0.15) is 38.3 Å². The Labute approximate surface area is 120 Å². The molecule has 0 spiro atoms. The monoisotopic (exact) mass is 276 g/mol. The Morgan fingerprint density at radius 3 is 2.70 bits per heavy atom. The first-order valence-electron chi connectivity index (χ1n) is 7.27. The summed E-state index contributed by atoms with van der Waals surface area (Å²) in [6.45, 7) is 6.31. The minimum atomic E-state index is 0.0277. The first-order valence-corrected chi connectivity index (χ1v) is 7.27. The standard InChI is InChI=1S/C15H24N4O/c1-11(16)14-3-4-15(18-10-14)19-7-5-13(6-8-19)9-17-12(2)20/h3-4,10-11,13H,5-9,16H2,1-2H3,(H,17,20)/t11-/m1/s1. The molecule has 1 amide bonds. The Balaban J connectivity index is 1.85. The van der Waals surface area contributed by atoms with Gasteiger partial charge in [0.2, 0.25) is 5.91 Å². The maximum Gasteiger partial charge on any atom is 0.216 e. The molecule has 0 bridgehead atoms. The van der Waals surface area contributed by atoms with Gasteiger partial charge in [-0.15, -0.1) is 0 Å². The molecule has 1 aromatic rings. The van der Waals surface area contributed by atoms with E-state index >= 15 is 0 Å². The van der Waals surface area contributed by atoms with E-state index in [1.54, 1.807) is 6.92 Å². The largest absolute Gasteiger partial charge is 0.357 e. The zero-order valence-corrected chi connectivity index (χ0v) is 12.3. The van der Waals surface area contributed by atoms with Crippen molar-refractivity contribution in [1.29, 1.82) is 0 Å². The fraction of sp³-hybridized carbons (Fsp3) is 0.600. The van der Waals surface area contributed by atoms with E-state index in [0.717, 1.165) is 43.9 Å². The quantitative estimate of drug-likeness (QED) is 0.873. The average molecular weight is 276 g/mol. The molecule has 110 valence electrons. The van der Waals surface area contributed by atoms with Crippen LogP contribution in [-0.2, 0) is 4.79 Å². The molecule has 3 N–H and O–H groups in total. The molecule has 5 nitrogen and oxygen atoms in total. The van der Waals surface area contributed by atoms with Crippen LogP contribution in [0, 0.1) is 5.92 Å². The lowest BCUT2D eigenvalue weighted by Gasteiger charge is -2.32. The van der Waals surface area contributed by atoms with Gasteiger partial charge in [0.25, 0.3) is 0 Å². The molecule has 5 heteroatoms. The van der Waals surface area contributed by atoms with Gasteiger partial charge in [-0.3, -0.25) is 4.79 Å². The number of pyridine rings is 1. The number of nitrogens with two attached hydrogens (primary N) is 1. The highest BCUT2D eigenvalue weighted by Gasteiger charge is 2.20. The molecule has 0 unspecified atom stereocenters. The number of piperidine rings is 1. The van der Waals surface area contributed by atoms with Gasteiger partial charge in [0.05, 0.1) is 0 Å². The zero-order chi connectivity index (χ0) is 14.5. The molecule has 1 atom stereocenters. The molecular weight excluding hydrogens is 252 g/mol. The lowest BCUT2D eigenvalue weighted by Crippen LogP contribution is -2.38. The van der Waals surface area contributed by atoms with E-state index in [0.29, 0.717) is 5.92 Å². The summed E-state index contributed by atoms with van der Waals surface area (Å²) in [7, 11) is 0. The van der Waals surface area contributed by atoms with Crippen LogP contribution in [0.15, 0.2) is 18.3 Å². The van der Waals surface area contributed by atoms with Crippen LogP contribution >= 0.6 is 0 Å². The maximum absolute atomic E-state index is 10.9. The number of hydrogen-bond acceptors (Lipinski definition) is 4. The molecule has 1 aromatic heterocycles. The third-order valence-corrected chi connectivity index (χ3v) is 3.87. The second-order valence-corrected chi connectivity index (χ2v) is 5.61. The number of carbonyl (C=O) groups is 1. The number of amides is 1. The molecule has 1 fully saturated rings. The van der Waals surface area contributed by atoms with Gasteiger partial charge in [-0.1, -0.05) is 6.07 Å². The molecule has 0 radical (unpaired) electrons. The lowest BCUT2D eigenvalue weighted by molar-refractivity contribution is -0.119. The van der Waals surface area contributed by atoms with Crippen molar-refractivity contribution in [1.82, 2.24) is 10.3 Å². The number of carbonyl (C=O) groups excluding carboxylic acids is 1. The molecule has 1 aliphatic heterocycles. The van der Waals surface area contributed by atoms with E-state index in [1.807, 2.05) is 19.2 Å². The first kappa shape index (κ1) is 14.8. The number of hydrogen-bond donors (Lipinski definition) is 2. The Hall–Kier alpha value is -1.62. The summed E-state index contributed by atoms with van der Waals surface area (Å²) >= 11 is 0. The topological polar surface area (TPSA) is 71.2 Å². The summed E-state index contributed by atoms with van der Waals surface area (Å²) in [5, 5.41) is 2.90. The third-order valence-electron chi connectivity index (χ3n) is 3.87. The molecule has 0 aliphatic carbocycles. The summed E-state index contributed by atoms with van der Waals surface area (Å²) < 4.78 is 0. The molecule has 20 heavy (non-hydrogen) atoms. The number of aromatic nitrogens is 1. The third kappa shape index (κ3) is 3.93. The summed E-state index contributed by atoms with van der Waals surface area (Å²) in [5.74, 6) is 1.66. The highest BCUT2D eigenvalue weighted by molar-refractivity contribution is 5.72. The lowest BCUT2D eigenvalue weighted by atomic mass is 9.96. The number of nitrogens with zero attached hydrogens (tertiary/aromatic N) is 2. The predicted molar refractivity (Wildman–Crippen MR) is 80.5 cm³/mol. The second kappa shape index (κ2) is 6.70. The normalized spacial score (nSPS) is 17.9. The summed E-state index contributed by atoms with van der Waals surface area (Å²) in [4.78, 5) is 17.7. The Kier molecular flexibility index (Phi) is 4.95. The molecule has 0 saturated carbocycles. The molecule has 1 aliphatic rings. The van der Waals surface area contributed by atoms with E-state index in [2.05, 4.69) is 21.3 Å². The van der Waals surface area contributed by atoms with Crippen LogP contribution in [0.2, 0.25) is 0 Å². The summed E-state index contributed by atoms with van der Waals surface area (Å²) in [6.07, 6.45) is 4.05. The Bertz CT molecular complexity index is 436. The maximum atomic E-state index is 10.9.